The highest BCUT2D eigenvalue weighted by Gasteiger charge is 2.21. The first-order chi connectivity index (χ1) is 10.1. The molecule has 1 saturated heterocycles. The molecule has 1 aliphatic rings. The second kappa shape index (κ2) is 7.24. The summed E-state index contributed by atoms with van der Waals surface area (Å²) in [7, 11) is -3.21. The van der Waals surface area contributed by atoms with Gasteiger partial charge in [0.15, 0.2) is 9.84 Å². The number of hydrogen-bond acceptors (Lipinski definition) is 5. The van der Waals surface area contributed by atoms with E-state index in [4.69, 9.17) is 4.74 Å². The third-order valence-electron chi connectivity index (χ3n) is 3.79. The Balaban J connectivity index is 2.04. The van der Waals surface area contributed by atoms with Crippen molar-refractivity contribution in [2.45, 2.75) is 24.8 Å². The molecule has 1 atom stereocenters. The van der Waals surface area contributed by atoms with Gasteiger partial charge in [0.25, 0.3) is 0 Å². The monoisotopic (exact) mass is 312 g/mol. The molecular formula is C15H24N2O3S. The van der Waals surface area contributed by atoms with Crippen molar-refractivity contribution in [3.63, 3.8) is 0 Å². The van der Waals surface area contributed by atoms with Crippen LogP contribution in [0.15, 0.2) is 29.2 Å². The molecule has 1 heterocycles. The van der Waals surface area contributed by atoms with Crippen molar-refractivity contribution in [1.29, 1.82) is 0 Å². The Morgan fingerprint density at radius 3 is 2.81 bits per heavy atom. The van der Waals surface area contributed by atoms with Gasteiger partial charge in [-0.2, -0.15) is 0 Å². The Morgan fingerprint density at radius 1 is 1.33 bits per heavy atom. The lowest BCUT2D eigenvalue weighted by molar-refractivity contribution is -0.0192. The van der Waals surface area contributed by atoms with E-state index in [1.54, 1.807) is 19.1 Å². The van der Waals surface area contributed by atoms with Crippen molar-refractivity contribution in [3.05, 3.63) is 24.3 Å². The molecule has 1 N–H and O–H groups in total. The van der Waals surface area contributed by atoms with Crippen LogP contribution in [-0.4, -0.2) is 58.0 Å². The fourth-order valence-corrected chi connectivity index (χ4v) is 3.53. The van der Waals surface area contributed by atoms with Gasteiger partial charge in [-0.05, 0) is 18.7 Å². The Labute approximate surface area is 127 Å². The molecule has 6 heteroatoms. The average molecular weight is 312 g/mol. The van der Waals surface area contributed by atoms with Crippen LogP contribution in [0.3, 0.4) is 0 Å². The van der Waals surface area contributed by atoms with Crippen molar-refractivity contribution in [1.82, 2.24) is 4.90 Å². The van der Waals surface area contributed by atoms with E-state index in [1.165, 1.54) is 0 Å². The highest BCUT2D eigenvalue weighted by atomic mass is 32.2. The van der Waals surface area contributed by atoms with Crippen LogP contribution < -0.4 is 5.32 Å². The Morgan fingerprint density at radius 2 is 2.10 bits per heavy atom. The molecule has 1 aliphatic heterocycles. The number of hydrogen-bond donors (Lipinski definition) is 1. The third-order valence-corrected chi connectivity index (χ3v) is 5.58. The van der Waals surface area contributed by atoms with Crippen LogP contribution in [0.2, 0.25) is 0 Å². The third kappa shape index (κ3) is 4.18. The molecule has 0 saturated carbocycles. The van der Waals surface area contributed by atoms with Gasteiger partial charge in [-0.3, -0.25) is 4.90 Å². The predicted molar refractivity (Wildman–Crippen MR) is 84.5 cm³/mol. The number of nitrogens with one attached hydrogen (secondary N) is 1. The summed E-state index contributed by atoms with van der Waals surface area (Å²) in [6, 6.07) is 7.06. The molecule has 1 fully saturated rings. The number of benzene rings is 1. The first-order valence-corrected chi connectivity index (χ1v) is 9.11. The fraction of sp³-hybridized carbons (Fsp3) is 0.600. The van der Waals surface area contributed by atoms with Crippen molar-refractivity contribution in [2.75, 3.05) is 43.9 Å². The van der Waals surface area contributed by atoms with Crippen LogP contribution in [0.5, 0.6) is 0 Å². The number of nitrogens with zero attached hydrogens (tertiary/aromatic N) is 1. The molecule has 0 amide bonds. The lowest BCUT2D eigenvalue weighted by Crippen LogP contribution is -2.45. The van der Waals surface area contributed by atoms with E-state index in [-0.39, 0.29) is 11.9 Å². The van der Waals surface area contributed by atoms with E-state index in [9.17, 15) is 8.42 Å². The van der Waals surface area contributed by atoms with Crippen LogP contribution in [0, 0.1) is 0 Å². The maximum atomic E-state index is 12.1. The van der Waals surface area contributed by atoms with Crippen molar-refractivity contribution < 1.29 is 13.2 Å². The number of para-hydroxylation sites is 1. The van der Waals surface area contributed by atoms with Crippen LogP contribution in [0.1, 0.15) is 13.8 Å². The largest absolute Gasteiger partial charge is 0.381 e. The highest BCUT2D eigenvalue weighted by molar-refractivity contribution is 7.91. The summed E-state index contributed by atoms with van der Waals surface area (Å²) in [6.45, 7) is 8.01. The van der Waals surface area contributed by atoms with Crippen molar-refractivity contribution in [2.24, 2.45) is 0 Å². The topological polar surface area (TPSA) is 58.6 Å². The minimum absolute atomic E-state index is 0.0936. The number of sulfone groups is 1. The van der Waals surface area contributed by atoms with Crippen molar-refractivity contribution in [3.8, 4) is 0 Å². The SMILES string of the molecule is CCN1CCOC(CNc2ccccc2S(=O)(=O)CC)C1. The minimum Gasteiger partial charge on any atom is -0.381 e. The quantitative estimate of drug-likeness (QED) is 0.865. The molecule has 21 heavy (non-hydrogen) atoms. The molecule has 0 radical (unpaired) electrons. The highest BCUT2D eigenvalue weighted by Crippen LogP contribution is 2.22. The average Bonchev–Trinajstić information content (AvgIpc) is 2.53. The molecule has 2 rings (SSSR count). The number of ether oxygens (including phenoxy) is 1. The van der Waals surface area contributed by atoms with E-state index in [0.29, 0.717) is 17.1 Å². The van der Waals surface area contributed by atoms with E-state index < -0.39 is 9.84 Å². The van der Waals surface area contributed by atoms with Gasteiger partial charge in [0, 0.05) is 19.6 Å². The summed E-state index contributed by atoms with van der Waals surface area (Å²) in [5.41, 5.74) is 0.663. The molecule has 0 spiro atoms. The van der Waals surface area contributed by atoms with Crippen molar-refractivity contribution >= 4 is 15.5 Å². The van der Waals surface area contributed by atoms with Crippen LogP contribution >= 0.6 is 0 Å². The molecule has 5 nitrogen and oxygen atoms in total. The summed E-state index contributed by atoms with van der Waals surface area (Å²) in [4.78, 5) is 2.71. The van der Waals surface area contributed by atoms with Crippen LogP contribution in [0.25, 0.3) is 0 Å². The first kappa shape index (κ1) is 16.3. The van der Waals surface area contributed by atoms with Crippen LogP contribution in [0.4, 0.5) is 5.69 Å². The van der Waals surface area contributed by atoms with Gasteiger partial charge < -0.3 is 10.1 Å². The fourth-order valence-electron chi connectivity index (χ4n) is 2.45. The van der Waals surface area contributed by atoms with E-state index in [0.717, 1.165) is 26.2 Å². The maximum absolute atomic E-state index is 12.1. The number of likely N-dealkylation sites (N-methyl/N-ethyl adjacent to an activating group) is 1. The predicted octanol–water partition coefficient (Wildman–Crippen LogP) is 1.61. The van der Waals surface area contributed by atoms with Gasteiger partial charge in [-0.1, -0.05) is 26.0 Å². The lowest BCUT2D eigenvalue weighted by Gasteiger charge is -2.32. The Kier molecular flexibility index (Phi) is 5.61. The first-order valence-electron chi connectivity index (χ1n) is 7.46. The van der Waals surface area contributed by atoms with Gasteiger partial charge in [0.1, 0.15) is 0 Å². The normalized spacial score (nSPS) is 20.4. The van der Waals surface area contributed by atoms with Gasteiger partial charge in [0.2, 0.25) is 0 Å². The zero-order valence-electron chi connectivity index (χ0n) is 12.7. The Bertz CT molecular complexity index is 560. The Hall–Kier alpha value is -1.11. The number of anilines is 1. The molecule has 1 unspecified atom stereocenters. The van der Waals surface area contributed by atoms with Gasteiger partial charge in [-0.25, -0.2) is 8.42 Å². The second-order valence-corrected chi connectivity index (χ2v) is 7.41. The number of rotatable bonds is 6. The molecule has 118 valence electrons. The summed E-state index contributed by atoms with van der Waals surface area (Å²) >= 11 is 0. The van der Waals surface area contributed by atoms with Gasteiger partial charge in [-0.15, -0.1) is 0 Å². The van der Waals surface area contributed by atoms with E-state index in [2.05, 4.69) is 17.1 Å². The molecular weight excluding hydrogens is 288 g/mol. The van der Waals surface area contributed by atoms with Crippen LogP contribution in [-0.2, 0) is 14.6 Å². The van der Waals surface area contributed by atoms with E-state index in [1.807, 2.05) is 12.1 Å². The second-order valence-electron chi connectivity index (χ2n) is 5.17. The standard InChI is InChI=1S/C15H24N2O3S/c1-3-17-9-10-20-13(12-17)11-16-14-7-5-6-8-15(14)21(18,19)4-2/h5-8,13,16H,3-4,9-12H2,1-2H3. The molecule has 0 aromatic heterocycles. The summed E-state index contributed by atoms with van der Waals surface area (Å²) in [6.07, 6.45) is 0.0936. The maximum Gasteiger partial charge on any atom is 0.180 e. The molecule has 1 aromatic rings. The number of morpholine rings is 1. The van der Waals surface area contributed by atoms with E-state index >= 15 is 0 Å². The molecule has 0 aliphatic carbocycles. The molecule has 0 bridgehead atoms. The summed E-state index contributed by atoms with van der Waals surface area (Å²) in [5.74, 6) is 0.106. The molecule has 1 aromatic carbocycles. The lowest BCUT2D eigenvalue weighted by atomic mass is 10.2. The van der Waals surface area contributed by atoms with Gasteiger partial charge in [0.05, 0.1) is 29.0 Å². The zero-order valence-corrected chi connectivity index (χ0v) is 13.5. The zero-order chi connectivity index (χ0) is 15.3. The summed E-state index contributed by atoms with van der Waals surface area (Å²) < 4.78 is 29.9. The van der Waals surface area contributed by atoms with Gasteiger partial charge >= 0.3 is 0 Å². The minimum atomic E-state index is -3.21. The summed E-state index contributed by atoms with van der Waals surface area (Å²) in [5, 5.41) is 3.24. The smallest absolute Gasteiger partial charge is 0.180 e.